The Bertz CT molecular complexity index is 531. The van der Waals surface area contributed by atoms with Crippen LogP contribution in [0.5, 0.6) is 0 Å². The van der Waals surface area contributed by atoms with Gasteiger partial charge in [-0.1, -0.05) is 23.7 Å². The molecule has 2 amide bonds. The number of benzene rings is 1. The molecular weight excluding hydrogens is 292 g/mol. The van der Waals surface area contributed by atoms with E-state index in [1.165, 1.54) is 0 Å². The molecule has 0 aliphatic heterocycles. The van der Waals surface area contributed by atoms with Gasteiger partial charge in [0.2, 0.25) is 0 Å². The van der Waals surface area contributed by atoms with Crippen molar-refractivity contribution < 1.29 is 14.7 Å². The second-order valence-corrected chi connectivity index (χ2v) is 5.87. The Balaban J connectivity index is 1.89. The first-order chi connectivity index (χ1) is 9.95. The second-order valence-electron chi connectivity index (χ2n) is 5.44. The average Bonchev–Trinajstić information content (AvgIpc) is 3.21. The van der Waals surface area contributed by atoms with Gasteiger partial charge in [-0.25, -0.2) is 4.79 Å². The third kappa shape index (κ3) is 4.93. The molecule has 6 heteroatoms. The van der Waals surface area contributed by atoms with Crippen LogP contribution < -0.4 is 10.6 Å². The molecule has 1 saturated carbocycles. The zero-order chi connectivity index (χ0) is 15.4. The minimum absolute atomic E-state index is 0.0381. The average molecular weight is 311 g/mol. The third-order valence-electron chi connectivity index (χ3n) is 3.60. The molecule has 1 fully saturated rings. The molecule has 5 nitrogen and oxygen atoms in total. The van der Waals surface area contributed by atoms with E-state index < -0.39 is 5.97 Å². The summed E-state index contributed by atoms with van der Waals surface area (Å²) in [6.07, 6.45) is 1.91. The van der Waals surface area contributed by atoms with Crippen molar-refractivity contribution in [3.8, 4) is 0 Å². The van der Waals surface area contributed by atoms with Gasteiger partial charge in [0.1, 0.15) is 0 Å². The van der Waals surface area contributed by atoms with Crippen LogP contribution in [-0.4, -0.2) is 23.1 Å². The number of aliphatic carboxylic acids is 1. The van der Waals surface area contributed by atoms with Crippen LogP contribution in [0.15, 0.2) is 24.3 Å². The molecule has 2 rings (SSSR count). The summed E-state index contributed by atoms with van der Waals surface area (Å²) in [5, 5.41) is 15.1. The standard InChI is InChI=1S/C15H19ClN2O3/c1-9(11-3-2-4-12(16)7-11)17-15(21)18-13(8-14(19)20)10-5-6-10/h2-4,7,9-10,13H,5-6,8H2,1H3,(H,19,20)(H2,17,18,21). The smallest absolute Gasteiger partial charge is 0.315 e. The molecule has 21 heavy (non-hydrogen) atoms. The number of hydrogen-bond donors (Lipinski definition) is 3. The van der Waals surface area contributed by atoms with Crippen molar-refractivity contribution >= 4 is 23.6 Å². The Morgan fingerprint density at radius 1 is 1.38 bits per heavy atom. The molecule has 114 valence electrons. The van der Waals surface area contributed by atoms with E-state index in [0.29, 0.717) is 5.02 Å². The monoisotopic (exact) mass is 310 g/mol. The molecule has 0 heterocycles. The Hall–Kier alpha value is -1.75. The Morgan fingerprint density at radius 2 is 2.10 bits per heavy atom. The highest BCUT2D eigenvalue weighted by molar-refractivity contribution is 6.30. The van der Waals surface area contributed by atoms with Crippen molar-refractivity contribution in [1.82, 2.24) is 10.6 Å². The molecule has 0 saturated heterocycles. The highest BCUT2D eigenvalue weighted by atomic mass is 35.5. The summed E-state index contributed by atoms with van der Waals surface area (Å²) < 4.78 is 0. The molecule has 2 unspecified atom stereocenters. The fraction of sp³-hybridized carbons (Fsp3) is 0.467. The molecule has 0 aromatic heterocycles. The van der Waals surface area contributed by atoms with Gasteiger partial charge >= 0.3 is 12.0 Å². The molecule has 3 N–H and O–H groups in total. The van der Waals surface area contributed by atoms with Crippen LogP contribution in [0, 0.1) is 5.92 Å². The lowest BCUT2D eigenvalue weighted by Gasteiger charge is -2.20. The number of urea groups is 1. The van der Waals surface area contributed by atoms with Crippen LogP contribution in [0.4, 0.5) is 4.79 Å². The summed E-state index contributed by atoms with van der Waals surface area (Å²) in [5.41, 5.74) is 0.902. The zero-order valence-corrected chi connectivity index (χ0v) is 12.6. The molecule has 1 aromatic rings. The summed E-state index contributed by atoms with van der Waals surface area (Å²) in [6.45, 7) is 1.86. The Morgan fingerprint density at radius 3 is 2.67 bits per heavy atom. The van der Waals surface area contributed by atoms with Crippen LogP contribution in [0.25, 0.3) is 0 Å². The molecule has 2 atom stereocenters. The molecule has 0 spiro atoms. The number of carboxylic acids is 1. The van der Waals surface area contributed by atoms with Gasteiger partial charge in [0.05, 0.1) is 12.5 Å². The molecular formula is C15H19ClN2O3. The number of hydrogen-bond acceptors (Lipinski definition) is 2. The summed E-state index contributed by atoms with van der Waals surface area (Å²) >= 11 is 5.92. The fourth-order valence-corrected chi connectivity index (χ4v) is 2.49. The number of carbonyl (C=O) groups excluding carboxylic acids is 1. The van der Waals surface area contributed by atoms with E-state index in [1.807, 2.05) is 19.1 Å². The quantitative estimate of drug-likeness (QED) is 0.756. The maximum Gasteiger partial charge on any atom is 0.315 e. The van der Waals surface area contributed by atoms with E-state index in [-0.39, 0.29) is 30.5 Å². The van der Waals surface area contributed by atoms with Crippen LogP contribution >= 0.6 is 11.6 Å². The normalized spacial score (nSPS) is 16.9. The molecule has 1 aliphatic carbocycles. The van der Waals surface area contributed by atoms with Gasteiger partial charge in [-0.2, -0.15) is 0 Å². The van der Waals surface area contributed by atoms with Crippen LogP contribution in [0.2, 0.25) is 5.02 Å². The van der Waals surface area contributed by atoms with E-state index in [4.69, 9.17) is 16.7 Å². The van der Waals surface area contributed by atoms with E-state index >= 15 is 0 Å². The van der Waals surface area contributed by atoms with E-state index in [2.05, 4.69) is 10.6 Å². The van der Waals surface area contributed by atoms with E-state index in [1.54, 1.807) is 12.1 Å². The first-order valence-electron chi connectivity index (χ1n) is 7.00. The maximum atomic E-state index is 12.0. The van der Waals surface area contributed by atoms with Gasteiger partial charge in [-0.05, 0) is 43.4 Å². The molecule has 1 aromatic carbocycles. The van der Waals surface area contributed by atoms with E-state index in [0.717, 1.165) is 18.4 Å². The van der Waals surface area contributed by atoms with Crippen molar-refractivity contribution in [2.75, 3.05) is 0 Å². The van der Waals surface area contributed by atoms with Crippen LogP contribution in [0.1, 0.15) is 37.8 Å². The second kappa shape index (κ2) is 6.80. The van der Waals surface area contributed by atoms with Gasteiger partial charge in [0.15, 0.2) is 0 Å². The van der Waals surface area contributed by atoms with Crippen molar-refractivity contribution in [3.05, 3.63) is 34.9 Å². The number of rotatable bonds is 6. The van der Waals surface area contributed by atoms with Crippen molar-refractivity contribution in [3.63, 3.8) is 0 Å². The maximum absolute atomic E-state index is 12.0. The molecule has 0 radical (unpaired) electrons. The molecule has 0 bridgehead atoms. The van der Waals surface area contributed by atoms with Gasteiger partial charge in [-0.3, -0.25) is 4.79 Å². The third-order valence-corrected chi connectivity index (χ3v) is 3.83. The Kier molecular flexibility index (Phi) is 5.07. The van der Waals surface area contributed by atoms with Gasteiger partial charge in [-0.15, -0.1) is 0 Å². The lowest BCUT2D eigenvalue weighted by Crippen LogP contribution is -2.44. The van der Waals surface area contributed by atoms with Crippen LogP contribution in [-0.2, 0) is 4.79 Å². The van der Waals surface area contributed by atoms with Gasteiger partial charge < -0.3 is 15.7 Å². The largest absolute Gasteiger partial charge is 0.481 e. The predicted octanol–water partition coefficient (Wildman–Crippen LogP) is 2.95. The van der Waals surface area contributed by atoms with E-state index in [9.17, 15) is 9.59 Å². The fourth-order valence-electron chi connectivity index (χ4n) is 2.29. The topological polar surface area (TPSA) is 78.4 Å². The van der Waals surface area contributed by atoms with Crippen LogP contribution in [0.3, 0.4) is 0 Å². The summed E-state index contributed by atoms with van der Waals surface area (Å²) in [4.78, 5) is 22.8. The van der Waals surface area contributed by atoms with Gasteiger partial charge in [0.25, 0.3) is 0 Å². The molecule has 1 aliphatic rings. The first-order valence-corrected chi connectivity index (χ1v) is 7.38. The number of amides is 2. The van der Waals surface area contributed by atoms with Crippen molar-refractivity contribution in [2.24, 2.45) is 5.92 Å². The lowest BCUT2D eigenvalue weighted by molar-refractivity contribution is -0.137. The van der Waals surface area contributed by atoms with Crippen molar-refractivity contribution in [2.45, 2.75) is 38.3 Å². The first kappa shape index (κ1) is 15.6. The predicted molar refractivity (Wildman–Crippen MR) is 80.3 cm³/mol. The minimum Gasteiger partial charge on any atom is -0.481 e. The number of halogens is 1. The summed E-state index contributed by atoms with van der Waals surface area (Å²) in [6, 6.07) is 6.43. The summed E-state index contributed by atoms with van der Waals surface area (Å²) in [7, 11) is 0. The summed E-state index contributed by atoms with van der Waals surface area (Å²) in [5.74, 6) is -0.608. The number of carboxylic acid groups (broad SMARTS) is 1. The lowest BCUT2D eigenvalue weighted by atomic mass is 10.1. The SMILES string of the molecule is CC(NC(=O)NC(CC(=O)O)C1CC1)c1cccc(Cl)c1. The van der Waals surface area contributed by atoms with Gasteiger partial charge in [0, 0.05) is 11.1 Å². The number of carbonyl (C=O) groups is 2. The van der Waals surface area contributed by atoms with Crippen molar-refractivity contribution in [1.29, 1.82) is 0 Å². The number of nitrogens with one attached hydrogen (secondary N) is 2. The zero-order valence-electron chi connectivity index (χ0n) is 11.8. The highest BCUT2D eigenvalue weighted by Gasteiger charge is 2.33. The highest BCUT2D eigenvalue weighted by Crippen LogP contribution is 2.34. The minimum atomic E-state index is -0.893. The Labute approximate surface area is 128 Å².